The van der Waals surface area contributed by atoms with Crippen LogP contribution in [0.15, 0.2) is 30.5 Å². The van der Waals surface area contributed by atoms with Gasteiger partial charge in [-0.1, -0.05) is 6.07 Å². The summed E-state index contributed by atoms with van der Waals surface area (Å²) in [5.74, 6) is 0.0224. The minimum atomic E-state index is 0.0224. The first-order valence-corrected chi connectivity index (χ1v) is 8.04. The van der Waals surface area contributed by atoms with Crippen LogP contribution in [-0.4, -0.2) is 34.1 Å². The molecule has 1 unspecified atom stereocenters. The normalized spacial score (nSPS) is 22.8. The van der Waals surface area contributed by atoms with E-state index in [0.29, 0.717) is 11.1 Å². The van der Waals surface area contributed by atoms with Gasteiger partial charge in [0.25, 0.3) is 5.91 Å². The van der Waals surface area contributed by atoms with E-state index in [4.69, 9.17) is 5.26 Å². The lowest BCUT2D eigenvalue weighted by molar-refractivity contribution is 0.0633. The molecule has 1 amide bonds. The Bertz CT molecular complexity index is 803. The van der Waals surface area contributed by atoms with Crippen molar-refractivity contribution in [1.29, 1.82) is 5.26 Å². The summed E-state index contributed by atoms with van der Waals surface area (Å²) in [5, 5.41) is 16.4. The second-order valence-corrected chi connectivity index (χ2v) is 6.57. The standard InChI is InChI=1S/C18H18N4O/c19-10-13-3-1-4-14(9-13)17(23)22-8-2-6-18(12-22)7-5-15-11-20-21-16(15)18/h1,3-4,9,11H,2,5-8,12H2,(H,20,21). The summed E-state index contributed by atoms with van der Waals surface area (Å²) in [5.41, 5.74) is 3.68. The predicted octanol–water partition coefficient (Wildman–Crippen LogP) is 2.40. The van der Waals surface area contributed by atoms with Crippen LogP contribution < -0.4 is 0 Å². The van der Waals surface area contributed by atoms with E-state index in [1.807, 2.05) is 11.1 Å². The van der Waals surface area contributed by atoms with E-state index >= 15 is 0 Å². The number of hydrogen-bond donors (Lipinski definition) is 1. The van der Waals surface area contributed by atoms with Crippen LogP contribution in [0.5, 0.6) is 0 Å². The van der Waals surface area contributed by atoms with Crippen molar-refractivity contribution < 1.29 is 4.79 Å². The number of rotatable bonds is 1. The Balaban J connectivity index is 1.61. The van der Waals surface area contributed by atoms with Gasteiger partial charge in [0.05, 0.1) is 17.8 Å². The van der Waals surface area contributed by atoms with Crippen LogP contribution in [0.3, 0.4) is 0 Å². The first-order valence-electron chi connectivity index (χ1n) is 8.04. The zero-order valence-electron chi connectivity index (χ0n) is 12.9. The fourth-order valence-corrected chi connectivity index (χ4v) is 4.08. The number of fused-ring (bicyclic) bond motifs is 2. The van der Waals surface area contributed by atoms with E-state index in [9.17, 15) is 4.79 Å². The van der Waals surface area contributed by atoms with Crippen LogP contribution >= 0.6 is 0 Å². The first-order chi connectivity index (χ1) is 11.2. The number of hydrogen-bond acceptors (Lipinski definition) is 3. The molecule has 0 saturated carbocycles. The zero-order chi connectivity index (χ0) is 15.9. The number of nitriles is 1. The number of likely N-dealkylation sites (tertiary alicyclic amines) is 1. The summed E-state index contributed by atoms with van der Waals surface area (Å²) in [6.07, 6.45) is 6.14. The average molecular weight is 306 g/mol. The number of piperidine rings is 1. The molecule has 1 saturated heterocycles. The van der Waals surface area contributed by atoms with Crippen LogP contribution in [0.4, 0.5) is 0 Å². The van der Waals surface area contributed by atoms with Crippen molar-refractivity contribution in [2.24, 2.45) is 0 Å². The number of H-pyrrole nitrogens is 1. The fourth-order valence-electron chi connectivity index (χ4n) is 4.08. The van der Waals surface area contributed by atoms with Crippen molar-refractivity contribution in [2.45, 2.75) is 31.1 Å². The molecule has 1 N–H and O–H groups in total. The summed E-state index contributed by atoms with van der Waals surface area (Å²) >= 11 is 0. The number of aromatic amines is 1. The van der Waals surface area contributed by atoms with Crippen molar-refractivity contribution in [3.8, 4) is 6.07 Å². The van der Waals surface area contributed by atoms with Gasteiger partial charge in [-0.05, 0) is 49.4 Å². The maximum absolute atomic E-state index is 12.8. The Hall–Kier alpha value is -2.61. The Morgan fingerprint density at radius 1 is 1.39 bits per heavy atom. The lowest BCUT2D eigenvalue weighted by Gasteiger charge is -2.40. The molecule has 0 radical (unpaired) electrons. The van der Waals surface area contributed by atoms with E-state index in [1.54, 1.807) is 24.3 Å². The van der Waals surface area contributed by atoms with Gasteiger partial charge in [0, 0.05) is 29.8 Å². The number of aryl methyl sites for hydroxylation is 1. The van der Waals surface area contributed by atoms with E-state index in [0.717, 1.165) is 38.8 Å². The molecule has 1 aromatic heterocycles. The van der Waals surface area contributed by atoms with Gasteiger partial charge >= 0.3 is 0 Å². The summed E-state index contributed by atoms with van der Waals surface area (Å²) in [7, 11) is 0. The molecule has 1 aromatic carbocycles. The highest BCUT2D eigenvalue weighted by Gasteiger charge is 2.44. The molecule has 1 atom stereocenters. The first kappa shape index (κ1) is 14.0. The molecule has 2 heterocycles. The van der Waals surface area contributed by atoms with Gasteiger partial charge < -0.3 is 4.90 Å². The molecule has 116 valence electrons. The van der Waals surface area contributed by atoms with E-state index < -0.39 is 0 Å². The molecular weight excluding hydrogens is 288 g/mol. The second-order valence-electron chi connectivity index (χ2n) is 6.57. The largest absolute Gasteiger partial charge is 0.338 e. The number of nitrogens with one attached hydrogen (secondary N) is 1. The maximum atomic E-state index is 12.8. The van der Waals surface area contributed by atoms with E-state index in [1.165, 1.54) is 11.3 Å². The number of amides is 1. The summed E-state index contributed by atoms with van der Waals surface area (Å²) < 4.78 is 0. The molecule has 2 aromatic rings. The Morgan fingerprint density at radius 2 is 2.30 bits per heavy atom. The van der Waals surface area contributed by atoms with Crippen LogP contribution in [0.2, 0.25) is 0 Å². The van der Waals surface area contributed by atoms with Crippen LogP contribution in [0, 0.1) is 11.3 Å². The van der Waals surface area contributed by atoms with Crippen molar-refractivity contribution in [3.05, 3.63) is 52.8 Å². The van der Waals surface area contributed by atoms with E-state index in [2.05, 4.69) is 16.3 Å². The van der Waals surface area contributed by atoms with Crippen LogP contribution in [0.1, 0.15) is 46.4 Å². The van der Waals surface area contributed by atoms with E-state index in [-0.39, 0.29) is 11.3 Å². The van der Waals surface area contributed by atoms with Gasteiger partial charge in [0.15, 0.2) is 0 Å². The topological polar surface area (TPSA) is 72.8 Å². The van der Waals surface area contributed by atoms with Gasteiger partial charge in [0.1, 0.15) is 0 Å². The molecule has 4 rings (SSSR count). The quantitative estimate of drug-likeness (QED) is 0.879. The highest BCUT2D eigenvalue weighted by Crippen LogP contribution is 2.44. The molecule has 1 fully saturated rings. The minimum absolute atomic E-state index is 0.0224. The van der Waals surface area contributed by atoms with Gasteiger partial charge in [-0.25, -0.2) is 0 Å². The summed E-state index contributed by atoms with van der Waals surface area (Å²) in [6.45, 7) is 1.51. The average Bonchev–Trinajstić information content (AvgIpc) is 3.19. The smallest absolute Gasteiger partial charge is 0.253 e. The van der Waals surface area contributed by atoms with Gasteiger partial charge in [-0.2, -0.15) is 10.4 Å². The van der Waals surface area contributed by atoms with Crippen molar-refractivity contribution in [3.63, 3.8) is 0 Å². The maximum Gasteiger partial charge on any atom is 0.253 e. The van der Waals surface area contributed by atoms with Crippen molar-refractivity contribution in [2.75, 3.05) is 13.1 Å². The van der Waals surface area contributed by atoms with Crippen molar-refractivity contribution in [1.82, 2.24) is 15.1 Å². The lowest BCUT2D eigenvalue weighted by atomic mass is 9.77. The number of nitrogens with zero attached hydrogens (tertiary/aromatic N) is 3. The highest BCUT2D eigenvalue weighted by molar-refractivity contribution is 5.94. The number of carbonyl (C=O) groups excluding carboxylic acids is 1. The van der Waals surface area contributed by atoms with Gasteiger partial charge in [-0.15, -0.1) is 0 Å². The van der Waals surface area contributed by atoms with Gasteiger partial charge in [-0.3, -0.25) is 9.89 Å². The van der Waals surface area contributed by atoms with Crippen LogP contribution in [0.25, 0.3) is 0 Å². The monoisotopic (exact) mass is 306 g/mol. The second kappa shape index (κ2) is 5.24. The van der Waals surface area contributed by atoms with Gasteiger partial charge in [0.2, 0.25) is 0 Å². The molecule has 5 nitrogen and oxygen atoms in total. The van der Waals surface area contributed by atoms with Crippen LogP contribution in [-0.2, 0) is 11.8 Å². The molecule has 23 heavy (non-hydrogen) atoms. The Morgan fingerprint density at radius 3 is 3.17 bits per heavy atom. The summed E-state index contributed by atoms with van der Waals surface area (Å²) in [6, 6.07) is 9.07. The predicted molar refractivity (Wildman–Crippen MR) is 84.9 cm³/mol. The third-order valence-corrected chi connectivity index (χ3v) is 5.22. The molecule has 1 spiro atoms. The number of aromatic nitrogens is 2. The molecule has 5 heteroatoms. The third-order valence-electron chi connectivity index (χ3n) is 5.22. The highest BCUT2D eigenvalue weighted by atomic mass is 16.2. The lowest BCUT2D eigenvalue weighted by Crippen LogP contribution is -2.47. The Labute approximate surface area is 134 Å². The number of benzene rings is 1. The molecular formula is C18H18N4O. The molecule has 0 bridgehead atoms. The molecule has 2 aliphatic rings. The molecule has 1 aliphatic carbocycles. The fraction of sp³-hybridized carbons (Fsp3) is 0.389. The summed E-state index contributed by atoms with van der Waals surface area (Å²) in [4.78, 5) is 14.8. The van der Waals surface area contributed by atoms with Crippen molar-refractivity contribution >= 4 is 5.91 Å². The zero-order valence-corrected chi connectivity index (χ0v) is 12.9. The minimum Gasteiger partial charge on any atom is -0.338 e. The molecule has 1 aliphatic heterocycles. The third kappa shape index (κ3) is 2.22. The number of carbonyl (C=O) groups is 1. The Kier molecular flexibility index (Phi) is 3.19. The SMILES string of the molecule is N#Cc1cccc(C(=O)N2CCCC3(CCc4cn[nH]c43)C2)c1.